The van der Waals surface area contributed by atoms with Crippen LogP contribution < -0.4 is 5.32 Å². The molecule has 0 radical (unpaired) electrons. The molecule has 7 nitrogen and oxygen atoms in total. The number of nitrogens with one attached hydrogen (secondary N) is 1. The number of halogens is 1. The molecule has 2 aromatic rings. The number of carbonyl (C=O) groups excluding carboxylic acids is 3. The van der Waals surface area contributed by atoms with Gasteiger partial charge in [-0.3, -0.25) is 9.59 Å². The minimum Gasteiger partial charge on any atom is -0.482 e. The van der Waals surface area contributed by atoms with Crippen LogP contribution in [0.25, 0.3) is 11.1 Å². The molecule has 0 spiro atoms. The number of esters is 1. The van der Waals surface area contributed by atoms with Crippen molar-refractivity contribution >= 4 is 34.6 Å². The molecule has 35 heavy (non-hydrogen) atoms. The lowest BCUT2D eigenvalue weighted by Gasteiger charge is -2.23. The third kappa shape index (κ3) is 3.88. The highest BCUT2D eigenvalue weighted by atomic mass is 19.1. The van der Waals surface area contributed by atoms with Gasteiger partial charge in [0.15, 0.2) is 0 Å². The molecule has 0 aliphatic carbocycles. The molecule has 1 N–H and O–H groups in total. The summed E-state index contributed by atoms with van der Waals surface area (Å²) >= 11 is 0. The molecule has 2 aromatic carbocycles. The number of rotatable bonds is 3. The van der Waals surface area contributed by atoms with Gasteiger partial charge in [-0.2, -0.15) is 0 Å². The van der Waals surface area contributed by atoms with E-state index in [0.29, 0.717) is 22.6 Å². The highest BCUT2D eigenvalue weighted by Gasteiger charge is 2.38. The third-order valence-electron chi connectivity index (χ3n) is 6.63. The summed E-state index contributed by atoms with van der Waals surface area (Å²) in [6.07, 6.45) is 3.84. The summed E-state index contributed by atoms with van der Waals surface area (Å²) in [4.78, 5) is 39.2. The van der Waals surface area contributed by atoms with E-state index in [1.165, 1.54) is 6.07 Å². The number of benzene rings is 2. The molecular formula is C27H25FN2O5. The van der Waals surface area contributed by atoms with Crippen molar-refractivity contribution in [3.05, 3.63) is 76.3 Å². The van der Waals surface area contributed by atoms with E-state index in [-0.39, 0.29) is 17.0 Å². The Morgan fingerprint density at radius 1 is 1.11 bits per heavy atom. The van der Waals surface area contributed by atoms with Crippen molar-refractivity contribution in [2.45, 2.75) is 32.3 Å². The number of likely N-dealkylation sites (tertiary alicyclic amines) is 1. The largest absolute Gasteiger partial charge is 0.482 e. The predicted molar refractivity (Wildman–Crippen MR) is 128 cm³/mol. The molecule has 0 saturated carbocycles. The SMILES string of the molecule is COC(=O)c1cc2c(cc1F)/C(=C1/C=C(c3ccc(C(=O)N4CCCC4)cc3)C(C)(C)O1)C(=O)N2. The zero-order valence-electron chi connectivity index (χ0n) is 19.7. The highest BCUT2D eigenvalue weighted by molar-refractivity contribution is 6.32. The number of carbonyl (C=O) groups is 3. The van der Waals surface area contributed by atoms with Crippen molar-refractivity contribution in [1.82, 2.24) is 4.90 Å². The molecule has 8 heteroatoms. The first-order chi connectivity index (χ1) is 16.7. The third-order valence-corrected chi connectivity index (χ3v) is 6.63. The number of anilines is 1. The van der Waals surface area contributed by atoms with Crippen LogP contribution >= 0.6 is 0 Å². The van der Waals surface area contributed by atoms with Crippen molar-refractivity contribution in [3.63, 3.8) is 0 Å². The average Bonchev–Trinajstić information content (AvgIpc) is 3.54. The molecular weight excluding hydrogens is 451 g/mol. The lowest BCUT2D eigenvalue weighted by Crippen LogP contribution is -2.27. The number of hydrogen-bond acceptors (Lipinski definition) is 5. The Bertz CT molecular complexity index is 1320. The van der Waals surface area contributed by atoms with Crippen molar-refractivity contribution in [3.8, 4) is 0 Å². The molecule has 5 rings (SSSR count). The monoisotopic (exact) mass is 476 g/mol. The van der Waals surface area contributed by atoms with Gasteiger partial charge in [-0.1, -0.05) is 12.1 Å². The van der Waals surface area contributed by atoms with Gasteiger partial charge in [0.1, 0.15) is 17.2 Å². The number of amides is 2. The molecule has 3 aliphatic heterocycles. The molecule has 2 amide bonds. The fourth-order valence-corrected chi connectivity index (χ4v) is 4.82. The van der Waals surface area contributed by atoms with Gasteiger partial charge in [-0.05, 0) is 62.6 Å². The maximum atomic E-state index is 14.6. The van der Waals surface area contributed by atoms with Gasteiger partial charge in [0.25, 0.3) is 11.8 Å². The standard InChI is InChI=1S/C27H25FN2O5/c1-27(2)19(15-6-8-16(9-7-15)25(32)30-10-4-5-11-30)14-22(35-27)23-18-12-20(28)17(26(33)34-3)13-21(18)29-24(23)31/h6-9,12-14H,4-5,10-11H2,1-3H3,(H,29,31)/b23-22+. The number of hydrogen-bond donors (Lipinski definition) is 1. The summed E-state index contributed by atoms with van der Waals surface area (Å²) < 4.78 is 25.4. The molecule has 3 aliphatic rings. The molecule has 1 fully saturated rings. The van der Waals surface area contributed by atoms with Crippen LogP contribution in [0.5, 0.6) is 0 Å². The minimum absolute atomic E-state index is 0.0281. The normalized spacial score (nSPS) is 20.3. The van der Waals surface area contributed by atoms with Gasteiger partial charge in [-0.25, -0.2) is 9.18 Å². The number of ether oxygens (including phenoxy) is 2. The molecule has 3 heterocycles. The van der Waals surface area contributed by atoms with Crippen molar-refractivity contribution in [1.29, 1.82) is 0 Å². The van der Waals surface area contributed by atoms with Gasteiger partial charge in [0.2, 0.25) is 0 Å². The van der Waals surface area contributed by atoms with Gasteiger partial charge < -0.3 is 19.7 Å². The molecule has 0 atom stereocenters. The number of allylic oxidation sites excluding steroid dienone is 1. The van der Waals surface area contributed by atoms with Gasteiger partial charge in [0.05, 0.1) is 23.9 Å². The van der Waals surface area contributed by atoms with E-state index >= 15 is 0 Å². The Labute approximate surface area is 202 Å². The second-order valence-corrected chi connectivity index (χ2v) is 9.31. The van der Waals surface area contributed by atoms with Crippen LogP contribution in [0.1, 0.15) is 58.5 Å². The zero-order valence-corrected chi connectivity index (χ0v) is 19.7. The van der Waals surface area contributed by atoms with Crippen LogP contribution in [0.3, 0.4) is 0 Å². The molecule has 0 unspecified atom stereocenters. The van der Waals surface area contributed by atoms with Crippen molar-refractivity contribution < 1.29 is 28.2 Å². The second-order valence-electron chi connectivity index (χ2n) is 9.31. The zero-order chi connectivity index (χ0) is 24.9. The number of methoxy groups -OCH3 is 1. The fourth-order valence-electron chi connectivity index (χ4n) is 4.82. The van der Waals surface area contributed by atoms with Crippen LogP contribution in [0.15, 0.2) is 48.2 Å². The quantitative estimate of drug-likeness (QED) is 0.524. The van der Waals surface area contributed by atoms with Crippen molar-refractivity contribution in [2.24, 2.45) is 0 Å². The van der Waals surface area contributed by atoms with Crippen molar-refractivity contribution in [2.75, 3.05) is 25.5 Å². The van der Waals surface area contributed by atoms with E-state index < -0.39 is 23.3 Å². The fraction of sp³-hybridized carbons (Fsp3) is 0.296. The Hall–Kier alpha value is -3.94. The van der Waals surface area contributed by atoms with E-state index in [9.17, 15) is 18.8 Å². The second kappa shape index (κ2) is 8.37. The lowest BCUT2D eigenvalue weighted by atomic mass is 9.91. The Morgan fingerprint density at radius 3 is 2.46 bits per heavy atom. The Morgan fingerprint density at radius 2 is 1.80 bits per heavy atom. The lowest BCUT2D eigenvalue weighted by molar-refractivity contribution is -0.111. The summed E-state index contributed by atoms with van der Waals surface area (Å²) in [5.74, 6) is -1.72. The van der Waals surface area contributed by atoms with Crippen LogP contribution in [0.4, 0.5) is 10.1 Å². The van der Waals surface area contributed by atoms with Crippen LogP contribution in [0, 0.1) is 5.82 Å². The minimum atomic E-state index is -0.826. The number of fused-ring (bicyclic) bond motifs is 1. The number of nitrogens with zero attached hydrogens (tertiary/aromatic N) is 1. The summed E-state index contributed by atoms with van der Waals surface area (Å²) in [5, 5.41) is 2.68. The maximum Gasteiger partial charge on any atom is 0.340 e. The first-order valence-electron chi connectivity index (χ1n) is 11.5. The summed E-state index contributed by atoms with van der Waals surface area (Å²) in [7, 11) is 1.16. The summed E-state index contributed by atoms with van der Waals surface area (Å²) in [5.41, 5.74) is 2.11. The highest BCUT2D eigenvalue weighted by Crippen LogP contribution is 2.44. The average molecular weight is 477 g/mol. The van der Waals surface area contributed by atoms with Crippen LogP contribution in [0.2, 0.25) is 0 Å². The van der Waals surface area contributed by atoms with E-state index in [0.717, 1.165) is 50.2 Å². The van der Waals surface area contributed by atoms with E-state index in [2.05, 4.69) is 10.1 Å². The van der Waals surface area contributed by atoms with Gasteiger partial charge in [0, 0.05) is 29.8 Å². The predicted octanol–water partition coefficient (Wildman–Crippen LogP) is 4.40. The first kappa shape index (κ1) is 22.8. The van der Waals surface area contributed by atoms with Crippen LogP contribution in [-0.4, -0.2) is 48.5 Å². The maximum absolute atomic E-state index is 14.6. The van der Waals surface area contributed by atoms with Gasteiger partial charge >= 0.3 is 5.97 Å². The molecule has 1 saturated heterocycles. The smallest absolute Gasteiger partial charge is 0.340 e. The molecule has 0 aromatic heterocycles. The first-order valence-corrected chi connectivity index (χ1v) is 11.5. The topological polar surface area (TPSA) is 84.9 Å². The van der Waals surface area contributed by atoms with Gasteiger partial charge in [-0.15, -0.1) is 0 Å². The molecule has 180 valence electrons. The van der Waals surface area contributed by atoms with E-state index in [4.69, 9.17) is 4.74 Å². The molecule has 0 bridgehead atoms. The van der Waals surface area contributed by atoms with E-state index in [1.54, 1.807) is 18.2 Å². The Kier molecular flexibility index (Phi) is 5.46. The summed E-state index contributed by atoms with van der Waals surface area (Å²) in [6.45, 7) is 5.33. The summed E-state index contributed by atoms with van der Waals surface area (Å²) in [6, 6.07) is 9.77. The van der Waals surface area contributed by atoms with E-state index in [1.807, 2.05) is 30.9 Å². The van der Waals surface area contributed by atoms with Crippen LogP contribution in [-0.2, 0) is 14.3 Å². The Balaban J connectivity index is 1.51.